The second-order valence-electron chi connectivity index (χ2n) is 8.13. The zero-order valence-electron chi connectivity index (χ0n) is 19.2. The number of sulfonamides is 1. The highest BCUT2D eigenvalue weighted by atomic mass is 32.2. The number of hydrogen-bond donors (Lipinski definition) is 1. The molecule has 1 unspecified atom stereocenters. The van der Waals surface area contributed by atoms with Crippen molar-refractivity contribution in [3.8, 4) is 11.1 Å². The van der Waals surface area contributed by atoms with E-state index in [4.69, 9.17) is 5.11 Å². The van der Waals surface area contributed by atoms with E-state index in [0.29, 0.717) is 11.6 Å². The molecule has 1 aromatic heterocycles. The predicted octanol–water partition coefficient (Wildman–Crippen LogP) is 5.69. The first-order valence-electron chi connectivity index (χ1n) is 10.8. The van der Waals surface area contributed by atoms with Crippen molar-refractivity contribution in [1.29, 1.82) is 0 Å². The molecule has 0 aliphatic heterocycles. The molecule has 3 aromatic rings. The minimum atomic E-state index is -4.71. The number of carboxylic acid groups (broad SMARTS) is 1. The predicted molar refractivity (Wildman–Crippen MR) is 125 cm³/mol. The van der Waals surface area contributed by atoms with Crippen LogP contribution in [-0.4, -0.2) is 35.3 Å². The second-order valence-corrected chi connectivity index (χ2v) is 10.0. The summed E-state index contributed by atoms with van der Waals surface area (Å²) in [6.45, 7) is 3.35. The van der Waals surface area contributed by atoms with Crippen molar-refractivity contribution in [3.63, 3.8) is 0 Å². The summed E-state index contributed by atoms with van der Waals surface area (Å²) in [7, 11) is -4.38. The fourth-order valence-electron chi connectivity index (χ4n) is 3.81. The minimum Gasteiger partial charge on any atom is -0.481 e. The number of aliphatic carboxylic acids is 1. The van der Waals surface area contributed by atoms with Crippen molar-refractivity contribution < 1.29 is 31.5 Å². The van der Waals surface area contributed by atoms with Crippen LogP contribution >= 0.6 is 0 Å². The number of aromatic nitrogens is 1. The van der Waals surface area contributed by atoms with E-state index in [-0.39, 0.29) is 19.4 Å². The molecule has 1 atom stereocenters. The van der Waals surface area contributed by atoms with Crippen LogP contribution in [-0.2, 0) is 21.0 Å². The Bertz CT molecular complexity index is 1310. The molecule has 0 saturated heterocycles. The Morgan fingerprint density at radius 1 is 1.11 bits per heavy atom. The number of nitrogens with zero attached hydrogens (tertiary/aromatic N) is 2. The van der Waals surface area contributed by atoms with Gasteiger partial charge in [0.15, 0.2) is 0 Å². The first kappa shape index (κ1) is 26.4. The molecule has 0 aliphatic carbocycles. The molecule has 10 heteroatoms. The summed E-state index contributed by atoms with van der Waals surface area (Å²) in [4.78, 5) is 14.6. The summed E-state index contributed by atoms with van der Waals surface area (Å²) in [5.41, 5.74) is 2.20. The van der Waals surface area contributed by atoms with Crippen LogP contribution in [0.4, 0.5) is 13.2 Å². The molecule has 35 heavy (non-hydrogen) atoms. The fraction of sp³-hybridized carbons (Fsp3) is 0.280. The SMILES string of the molecule is Cc1cnccc1-c1cccc(C(C)N(CCCC(=O)O)S(=O)(=O)c2cccc(C(F)(F)F)c2)c1. The van der Waals surface area contributed by atoms with E-state index in [9.17, 15) is 26.4 Å². The maximum Gasteiger partial charge on any atom is 0.416 e. The van der Waals surface area contributed by atoms with Crippen LogP contribution in [0.1, 0.15) is 42.5 Å². The lowest BCUT2D eigenvalue weighted by atomic mass is 9.98. The quantitative estimate of drug-likeness (QED) is 0.403. The fourth-order valence-corrected chi connectivity index (χ4v) is 5.51. The standard InChI is InChI=1S/C25H25F3N2O4S/c1-17-16-29-12-11-23(17)20-7-3-6-19(14-20)18(2)30(13-5-10-24(31)32)35(33,34)22-9-4-8-21(15-22)25(26,27)28/h3-4,6-9,11-12,14-16,18H,5,10,13H2,1-2H3,(H,31,32). The number of alkyl halides is 3. The van der Waals surface area contributed by atoms with E-state index < -0.39 is 38.7 Å². The van der Waals surface area contributed by atoms with Gasteiger partial charge in [0, 0.05) is 31.4 Å². The van der Waals surface area contributed by atoms with Gasteiger partial charge in [-0.15, -0.1) is 0 Å². The molecule has 0 fully saturated rings. The lowest BCUT2D eigenvalue weighted by Gasteiger charge is -2.29. The summed E-state index contributed by atoms with van der Waals surface area (Å²) in [5.74, 6) is -1.09. The largest absolute Gasteiger partial charge is 0.481 e. The van der Waals surface area contributed by atoms with E-state index in [1.165, 1.54) is 0 Å². The molecule has 0 saturated carbocycles. The third-order valence-corrected chi connectivity index (χ3v) is 7.64. The van der Waals surface area contributed by atoms with Gasteiger partial charge < -0.3 is 5.11 Å². The Kier molecular flexibility index (Phi) is 7.97. The van der Waals surface area contributed by atoms with E-state index in [1.54, 1.807) is 31.5 Å². The van der Waals surface area contributed by atoms with Crippen LogP contribution in [0.25, 0.3) is 11.1 Å². The molecule has 186 valence electrons. The first-order valence-corrected chi connectivity index (χ1v) is 12.3. The highest BCUT2D eigenvalue weighted by Gasteiger charge is 2.34. The molecule has 1 N–H and O–H groups in total. The van der Waals surface area contributed by atoms with Crippen molar-refractivity contribution in [3.05, 3.63) is 83.7 Å². The number of pyridine rings is 1. The molecule has 0 bridgehead atoms. The van der Waals surface area contributed by atoms with Crippen LogP contribution in [0.15, 0.2) is 71.9 Å². The average molecular weight is 507 g/mol. The number of carbonyl (C=O) groups is 1. The van der Waals surface area contributed by atoms with Crippen LogP contribution < -0.4 is 0 Å². The van der Waals surface area contributed by atoms with Gasteiger partial charge in [0.2, 0.25) is 10.0 Å². The molecule has 2 aromatic carbocycles. The number of benzene rings is 2. The van der Waals surface area contributed by atoms with Crippen LogP contribution in [0.2, 0.25) is 0 Å². The zero-order valence-corrected chi connectivity index (χ0v) is 20.0. The minimum absolute atomic E-state index is 0.00101. The monoisotopic (exact) mass is 506 g/mol. The molecule has 6 nitrogen and oxygen atoms in total. The van der Waals surface area contributed by atoms with Crippen molar-refractivity contribution in [2.45, 2.75) is 43.8 Å². The summed E-state index contributed by atoms with van der Waals surface area (Å²) in [6, 6.07) is 11.8. The van der Waals surface area contributed by atoms with Gasteiger partial charge in [0.05, 0.1) is 10.5 Å². The molecule has 0 radical (unpaired) electrons. The van der Waals surface area contributed by atoms with Crippen LogP contribution in [0, 0.1) is 6.92 Å². The second kappa shape index (κ2) is 10.6. The zero-order chi connectivity index (χ0) is 25.8. The van der Waals surface area contributed by atoms with E-state index in [0.717, 1.165) is 39.2 Å². The Morgan fingerprint density at radius 2 is 1.83 bits per heavy atom. The van der Waals surface area contributed by atoms with Gasteiger partial charge in [0.1, 0.15) is 0 Å². The maximum atomic E-state index is 13.5. The van der Waals surface area contributed by atoms with Gasteiger partial charge in [-0.2, -0.15) is 17.5 Å². The molecule has 0 amide bonds. The third-order valence-electron chi connectivity index (χ3n) is 5.67. The Balaban J connectivity index is 2.03. The summed E-state index contributed by atoms with van der Waals surface area (Å²) in [6.07, 6.45) is -1.63. The van der Waals surface area contributed by atoms with Gasteiger partial charge in [0.25, 0.3) is 0 Å². The average Bonchev–Trinajstić information content (AvgIpc) is 2.81. The van der Waals surface area contributed by atoms with Gasteiger partial charge in [-0.05, 0) is 72.9 Å². The number of carboxylic acids is 1. The van der Waals surface area contributed by atoms with Crippen LogP contribution in [0.3, 0.4) is 0 Å². The summed E-state index contributed by atoms with van der Waals surface area (Å²) >= 11 is 0. The number of hydrogen-bond acceptors (Lipinski definition) is 4. The molecular formula is C25H25F3N2O4S. The van der Waals surface area contributed by atoms with E-state index >= 15 is 0 Å². The highest BCUT2D eigenvalue weighted by molar-refractivity contribution is 7.89. The molecule has 0 aliphatic rings. The molecule has 1 heterocycles. The number of rotatable bonds is 9. The Hall–Kier alpha value is -3.24. The van der Waals surface area contributed by atoms with Gasteiger partial charge in [-0.3, -0.25) is 9.78 Å². The van der Waals surface area contributed by atoms with Crippen molar-refractivity contribution in [2.75, 3.05) is 6.54 Å². The number of halogens is 3. The maximum absolute atomic E-state index is 13.5. The molecule has 3 rings (SSSR count). The highest BCUT2D eigenvalue weighted by Crippen LogP contribution is 2.34. The first-order chi connectivity index (χ1) is 16.4. The molecular weight excluding hydrogens is 481 g/mol. The Morgan fingerprint density at radius 3 is 2.49 bits per heavy atom. The van der Waals surface area contributed by atoms with Gasteiger partial charge >= 0.3 is 12.1 Å². The van der Waals surface area contributed by atoms with E-state index in [2.05, 4.69) is 4.98 Å². The molecule has 0 spiro atoms. The topological polar surface area (TPSA) is 87.6 Å². The van der Waals surface area contributed by atoms with Crippen molar-refractivity contribution in [1.82, 2.24) is 9.29 Å². The van der Waals surface area contributed by atoms with Gasteiger partial charge in [-0.1, -0.05) is 24.3 Å². The van der Waals surface area contributed by atoms with Gasteiger partial charge in [-0.25, -0.2) is 8.42 Å². The van der Waals surface area contributed by atoms with E-state index in [1.807, 2.05) is 25.1 Å². The summed E-state index contributed by atoms with van der Waals surface area (Å²) < 4.78 is 67.8. The van der Waals surface area contributed by atoms with Crippen LogP contribution in [0.5, 0.6) is 0 Å². The smallest absolute Gasteiger partial charge is 0.416 e. The van der Waals surface area contributed by atoms with Crippen molar-refractivity contribution >= 4 is 16.0 Å². The normalized spacial score (nSPS) is 13.1. The number of aryl methyl sites for hydroxylation is 1. The third kappa shape index (κ3) is 6.26. The lowest BCUT2D eigenvalue weighted by Crippen LogP contribution is -2.35. The lowest BCUT2D eigenvalue weighted by molar-refractivity contribution is -0.138. The summed E-state index contributed by atoms with van der Waals surface area (Å²) in [5, 5.41) is 9.02. The Labute approximate surface area is 202 Å². The van der Waals surface area contributed by atoms with Crippen molar-refractivity contribution in [2.24, 2.45) is 0 Å².